The van der Waals surface area contributed by atoms with E-state index in [-0.39, 0.29) is 0 Å². The fourth-order valence-corrected chi connectivity index (χ4v) is 9.17. The van der Waals surface area contributed by atoms with Gasteiger partial charge in [-0.2, -0.15) is 0 Å². The summed E-state index contributed by atoms with van der Waals surface area (Å²) in [6.45, 7) is 18.2. The Bertz CT molecular complexity index is 506. The second-order valence-corrected chi connectivity index (χ2v) is 13.1. The summed E-state index contributed by atoms with van der Waals surface area (Å²) in [5.74, 6) is 3.92. The van der Waals surface area contributed by atoms with Crippen molar-refractivity contribution in [1.29, 1.82) is 0 Å². The van der Waals surface area contributed by atoms with Crippen LogP contribution in [0.1, 0.15) is 53.5 Å². The molecule has 0 saturated carbocycles. The van der Waals surface area contributed by atoms with Crippen molar-refractivity contribution in [3.8, 4) is 11.5 Å². The zero-order valence-electron chi connectivity index (χ0n) is 15.9. The fourth-order valence-electron chi connectivity index (χ4n) is 3.87. The lowest BCUT2D eigenvalue weighted by Crippen LogP contribution is -2.43. The smallest absolute Gasteiger partial charge is 0.130 e. The third kappa shape index (κ3) is 5.11. The van der Waals surface area contributed by atoms with Gasteiger partial charge >= 0.3 is 0 Å². The molecule has 0 amide bonds. The van der Waals surface area contributed by atoms with E-state index in [1.54, 1.807) is 0 Å². The van der Waals surface area contributed by atoms with E-state index >= 15 is 0 Å². The van der Waals surface area contributed by atoms with Gasteiger partial charge in [-0.05, 0) is 35.0 Å². The molecule has 0 spiro atoms. The summed E-state index contributed by atoms with van der Waals surface area (Å²) >= 11 is 0. The number of hydrogen-bond acceptors (Lipinski definition) is 0. The maximum atomic E-state index is 4.02. The van der Waals surface area contributed by atoms with Crippen molar-refractivity contribution < 1.29 is 0 Å². The van der Waals surface area contributed by atoms with Gasteiger partial charge in [-0.25, -0.2) is 0 Å². The van der Waals surface area contributed by atoms with E-state index in [1.165, 1.54) is 5.56 Å². The first-order valence-corrected chi connectivity index (χ1v) is 11.3. The molecule has 23 heavy (non-hydrogen) atoms. The zero-order valence-corrected chi connectivity index (χ0v) is 16.9. The van der Waals surface area contributed by atoms with Crippen molar-refractivity contribution in [2.24, 2.45) is 5.92 Å². The molecule has 0 aliphatic rings. The minimum absolute atomic E-state index is 0.304. The van der Waals surface area contributed by atoms with Crippen LogP contribution < -0.4 is 0 Å². The van der Waals surface area contributed by atoms with Crippen LogP contribution in [0.5, 0.6) is 0 Å². The molecule has 0 aliphatic heterocycles. The summed E-state index contributed by atoms with van der Waals surface area (Å²) in [5, 5.41) is 0. The SMILES string of the molecule is C=CC(C#C[Si](C(C)C)(C(C)C)C(C)C)CCc1ccccc1. The van der Waals surface area contributed by atoms with Crippen LogP contribution in [-0.4, -0.2) is 8.07 Å². The maximum Gasteiger partial charge on any atom is 0.145 e. The minimum atomic E-state index is -1.62. The van der Waals surface area contributed by atoms with E-state index in [0.717, 1.165) is 12.8 Å². The number of hydrogen-bond donors (Lipinski definition) is 0. The van der Waals surface area contributed by atoms with Crippen molar-refractivity contribution in [2.45, 2.75) is 71.0 Å². The van der Waals surface area contributed by atoms with E-state index in [9.17, 15) is 0 Å². The summed E-state index contributed by atoms with van der Waals surface area (Å²) in [7, 11) is -1.62. The Kier molecular flexibility index (Phi) is 7.86. The second kappa shape index (κ2) is 9.14. The Morgan fingerprint density at radius 3 is 1.91 bits per heavy atom. The summed E-state index contributed by atoms with van der Waals surface area (Å²) in [4.78, 5) is 0. The minimum Gasteiger partial charge on any atom is -0.130 e. The normalized spacial score (nSPS) is 13.1. The molecule has 0 bridgehead atoms. The summed E-state index contributed by atoms with van der Waals surface area (Å²) < 4.78 is 0. The van der Waals surface area contributed by atoms with Crippen molar-refractivity contribution in [1.82, 2.24) is 0 Å². The number of rotatable bonds is 7. The highest BCUT2D eigenvalue weighted by Gasteiger charge is 2.41. The van der Waals surface area contributed by atoms with Gasteiger partial charge in [-0.3, -0.25) is 0 Å². The van der Waals surface area contributed by atoms with E-state index < -0.39 is 8.07 Å². The van der Waals surface area contributed by atoms with Crippen LogP contribution in [0.2, 0.25) is 16.6 Å². The van der Waals surface area contributed by atoms with Crippen molar-refractivity contribution >= 4 is 8.07 Å². The van der Waals surface area contributed by atoms with Crippen LogP contribution in [0.15, 0.2) is 43.0 Å². The molecule has 0 aromatic heterocycles. The van der Waals surface area contributed by atoms with Crippen LogP contribution >= 0.6 is 0 Å². The van der Waals surface area contributed by atoms with Crippen molar-refractivity contribution in [3.05, 3.63) is 48.6 Å². The molecule has 1 aromatic carbocycles. The predicted octanol–water partition coefficient (Wildman–Crippen LogP) is 6.64. The number of benzene rings is 1. The zero-order chi connectivity index (χ0) is 17.5. The monoisotopic (exact) mass is 326 g/mol. The topological polar surface area (TPSA) is 0 Å². The van der Waals surface area contributed by atoms with Crippen LogP contribution in [-0.2, 0) is 6.42 Å². The second-order valence-electron chi connectivity index (χ2n) is 7.53. The van der Waals surface area contributed by atoms with E-state index in [0.29, 0.717) is 22.5 Å². The Hall–Kier alpha value is -1.26. The van der Waals surface area contributed by atoms with Crippen molar-refractivity contribution in [3.63, 3.8) is 0 Å². The van der Waals surface area contributed by atoms with E-state index in [4.69, 9.17) is 0 Å². The molecule has 1 aromatic rings. The van der Waals surface area contributed by atoms with Crippen LogP contribution in [0, 0.1) is 17.4 Å². The summed E-state index contributed by atoms with van der Waals surface area (Å²) in [6.07, 6.45) is 4.18. The first kappa shape index (κ1) is 19.8. The molecule has 0 aliphatic carbocycles. The van der Waals surface area contributed by atoms with Gasteiger partial charge in [-0.15, -0.1) is 18.0 Å². The molecule has 0 radical (unpaired) electrons. The molecule has 1 atom stereocenters. The highest BCUT2D eigenvalue weighted by molar-refractivity contribution is 6.90. The van der Waals surface area contributed by atoms with E-state index in [2.05, 4.69) is 89.9 Å². The Morgan fingerprint density at radius 1 is 0.957 bits per heavy atom. The third-order valence-electron chi connectivity index (χ3n) is 5.21. The standard InChI is InChI=1S/C22H34Si/c1-8-21(14-15-22-12-10-9-11-13-22)16-17-23(18(2)3,19(4)5)20(6)7/h8-13,18-21H,1,14-15H2,2-7H3. The van der Waals surface area contributed by atoms with Crippen LogP contribution in [0.25, 0.3) is 0 Å². The molecule has 0 heterocycles. The largest absolute Gasteiger partial charge is 0.145 e. The van der Waals surface area contributed by atoms with Gasteiger partial charge in [0.1, 0.15) is 8.07 Å². The molecule has 0 saturated heterocycles. The van der Waals surface area contributed by atoms with Gasteiger partial charge in [0.2, 0.25) is 0 Å². The molecule has 0 fully saturated rings. The molecule has 1 unspecified atom stereocenters. The molecule has 126 valence electrons. The molecular weight excluding hydrogens is 292 g/mol. The van der Waals surface area contributed by atoms with Gasteiger partial charge in [0, 0.05) is 5.92 Å². The van der Waals surface area contributed by atoms with Crippen LogP contribution in [0.4, 0.5) is 0 Å². The fraction of sp³-hybridized carbons (Fsp3) is 0.545. The maximum absolute atomic E-state index is 4.02. The van der Waals surface area contributed by atoms with Gasteiger partial charge in [0.15, 0.2) is 0 Å². The first-order valence-electron chi connectivity index (χ1n) is 9.03. The Labute approximate surface area is 145 Å². The lowest BCUT2D eigenvalue weighted by atomic mass is 10.0. The van der Waals surface area contributed by atoms with E-state index in [1.807, 2.05) is 6.08 Å². The lowest BCUT2D eigenvalue weighted by molar-refractivity contribution is 0.729. The Balaban J connectivity index is 2.91. The Morgan fingerprint density at radius 2 is 1.48 bits per heavy atom. The third-order valence-corrected chi connectivity index (χ3v) is 11.5. The molecule has 0 N–H and O–H groups in total. The number of aryl methyl sites for hydroxylation is 1. The molecule has 0 nitrogen and oxygen atoms in total. The first-order chi connectivity index (χ1) is 10.8. The average Bonchev–Trinajstić information content (AvgIpc) is 2.50. The summed E-state index contributed by atoms with van der Waals surface area (Å²) in [5.41, 5.74) is 7.29. The number of allylic oxidation sites excluding steroid dienone is 1. The molecular formula is C22H34Si. The van der Waals surface area contributed by atoms with Crippen LogP contribution in [0.3, 0.4) is 0 Å². The predicted molar refractivity (Wildman–Crippen MR) is 107 cm³/mol. The van der Waals surface area contributed by atoms with Gasteiger partial charge in [0.25, 0.3) is 0 Å². The van der Waals surface area contributed by atoms with Gasteiger partial charge in [0.05, 0.1) is 0 Å². The molecule has 1 heteroatoms. The average molecular weight is 327 g/mol. The lowest BCUT2D eigenvalue weighted by Gasteiger charge is -2.38. The highest BCUT2D eigenvalue weighted by atomic mass is 28.3. The molecule has 1 rings (SSSR count). The van der Waals surface area contributed by atoms with Gasteiger partial charge < -0.3 is 0 Å². The quantitative estimate of drug-likeness (QED) is 0.299. The highest BCUT2D eigenvalue weighted by Crippen LogP contribution is 2.40. The summed E-state index contributed by atoms with van der Waals surface area (Å²) in [6, 6.07) is 10.7. The van der Waals surface area contributed by atoms with Crippen molar-refractivity contribution in [2.75, 3.05) is 0 Å². The van der Waals surface area contributed by atoms with Gasteiger partial charge in [-0.1, -0.05) is 78.0 Å².